The maximum atomic E-state index is 12.0. The molecule has 0 aliphatic carbocycles. The van der Waals surface area contributed by atoms with Gasteiger partial charge in [-0.2, -0.15) is 0 Å². The van der Waals surface area contributed by atoms with Crippen LogP contribution in [0.4, 0.5) is 16.3 Å². The average Bonchev–Trinajstić information content (AvgIpc) is 2.55. The Labute approximate surface area is 143 Å². The number of rotatable bonds is 3. The Balaban J connectivity index is 1.90. The Morgan fingerprint density at radius 2 is 1.88 bits per heavy atom. The summed E-state index contributed by atoms with van der Waals surface area (Å²) in [4.78, 5) is 31.9. The van der Waals surface area contributed by atoms with Gasteiger partial charge in [-0.05, 0) is 19.1 Å². The Hall–Kier alpha value is -2.31. The van der Waals surface area contributed by atoms with Crippen LogP contribution in [-0.4, -0.2) is 54.7 Å². The molecule has 1 aliphatic rings. The van der Waals surface area contributed by atoms with E-state index in [1.54, 1.807) is 18.0 Å². The van der Waals surface area contributed by atoms with Gasteiger partial charge in [0.25, 0.3) is 0 Å². The zero-order chi connectivity index (χ0) is 17.7. The molecule has 0 spiro atoms. The van der Waals surface area contributed by atoms with Gasteiger partial charge in [0.15, 0.2) is 0 Å². The van der Waals surface area contributed by atoms with E-state index in [1.165, 1.54) is 0 Å². The first-order chi connectivity index (χ1) is 11.3. The number of pyridine rings is 1. The first-order valence-electron chi connectivity index (χ1n) is 8.25. The molecule has 0 aromatic carbocycles. The zero-order valence-electron chi connectivity index (χ0n) is 14.8. The van der Waals surface area contributed by atoms with Crippen LogP contribution in [0.2, 0.25) is 0 Å². The number of nitrogens with zero attached hydrogens (tertiary/aromatic N) is 3. The molecule has 7 heteroatoms. The number of piperazine rings is 1. The van der Waals surface area contributed by atoms with Gasteiger partial charge in [-0.1, -0.05) is 20.8 Å². The molecule has 1 aliphatic heterocycles. The molecule has 1 N–H and O–H groups in total. The van der Waals surface area contributed by atoms with Gasteiger partial charge in [-0.3, -0.25) is 4.79 Å². The first-order valence-corrected chi connectivity index (χ1v) is 8.25. The predicted octanol–water partition coefficient (Wildman–Crippen LogP) is 2.34. The quantitative estimate of drug-likeness (QED) is 0.918. The molecule has 0 radical (unpaired) electrons. The minimum absolute atomic E-state index is 0.0416. The number of nitrogens with one attached hydrogen (secondary N) is 1. The third-order valence-corrected chi connectivity index (χ3v) is 3.82. The highest BCUT2D eigenvalue weighted by Gasteiger charge is 2.23. The zero-order valence-corrected chi connectivity index (χ0v) is 14.8. The Kier molecular flexibility index (Phi) is 5.64. The van der Waals surface area contributed by atoms with E-state index in [0.717, 1.165) is 5.82 Å². The van der Waals surface area contributed by atoms with Crippen LogP contribution in [0.15, 0.2) is 18.3 Å². The van der Waals surface area contributed by atoms with Crippen LogP contribution >= 0.6 is 0 Å². The molecule has 0 atom stereocenters. The van der Waals surface area contributed by atoms with Crippen LogP contribution in [-0.2, 0) is 9.53 Å². The molecule has 7 nitrogen and oxygen atoms in total. The number of carbonyl (C=O) groups is 2. The van der Waals surface area contributed by atoms with E-state index in [2.05, 4.69) is 15.2 Å². The van der Waals surface area contributed by atoms with Crippen molar-refractivity contribution in [3.05, 3.63) is 18.3 Å². The molecule has 132 valence electrons. The molecular weight excluding hydrogens is 308 g/mol. The summed E-state index contributed by atoms with van der Waals surface area (Å²) in [5, 5.41) is 2.86. The fourth-order valence-electron chi connectivity index (χ4n) is 2.30. The largest absolute Gasteiger partial charge is 0.450 e. The van der Waals surface area contributed by atoms with E-state index in [-0.39, 0.29) is 12.0 Å². The van der Waals surface area contributed by atoms with E-state index < -0.39 is 5.41 Å². The number of hydrogen-bond acceptors (Lipinski definition) is 5. The maximum absolute atomic E-state index is 12.0. The van der Waals surface area contributed by atoms with E-state index in [1.807, 2.05) is 32.9 Å². The summed E-state index contributed by atoms with van der Waals surface area (Å²) in [5.41, 5.74) is 0.242. The minimum Gasteiger partial charge on any atom is -0.450 e. The summed E-state index contributed by atoms with van der Waals surface area (Å²) in [6.07, 6.45) is 1.40. The van der Waals surface area contributed by atoms with Gasteiger partial charge in [0, 0.05) is 31.6 Å². The van der Waals surface area contributed by atoms with Crippen LogP contribution in [0.1, 0.15) is 27.7 Å². The topological polar surface area (TPSA) is 74.8 Å². The summed E-state index contributed by atoms with van der Waals surface area (Å²) >= 11 is 0. The smallest absolute Gasteiger partial charge is 0.409 e. The lowest BCUT2D eigenvalue weighted by Crippen LogP contribution is -2.49. The van der Waals surface area contributed by atoms with Crippen LogP contribution in [0.3, 0.4) is 0 Å². The van der Waals surface area contributed by atoms with E-state index in [0.29, 0.717) is 38.5 Å². The molecule has 2 rings (SSSR count). The standard InChI is InChI=1S/C17H26N4O3/c1-5-24-16(23)21-10-8-20(9-11-21)14-7-6-13(12-18-14)19-15(22)17(2,3)4/h6-7,12H,5,8-11H2,1-4H3,(H,19,22). The Morgan fingerprint density at radius 3 is 2.38 bits per heavy atom. The van der Waals surface area contributed by atoms with Crippen molar-refractivity contribution in [3.8, 4) is 0 Å². The van der Waals surface area contributed by atoms with Gasteiger partial charge >= 0.3 is 6.09 Å². The van der Waals surface area contributed by atoms with E-state index in [4.69, 9.17) is 4.74 Å². The molecule has 1 fully saturated rings. The first kappa shape index (κ1) is 18.0. The molecular formula is C17H26N4O3. The van der Waals surface area contributed by atoms with Gasteiger partial charge in [0.2, 0.25) is 5.91 Å². The molecule has 0 saturated carbocycles. The third-order valence-electron chi connectivity index (χ3n) is 3.82. The lowest BCUT2D eigenvalue weighted by Gasteiger charge is -2.34. The SMILES string of the molecule is CCOC(=O)N1CCN(c2ccc(NC(=O)C(C)(C)C)cn2)CC1. The summed E-state index contributed by atoms with van der Waals surface area (Å²) in [7, 11) is 0. The fourth-order valence-corrected chi connectivity index (χ4v) is 2.30. The predicted molar refractivity (Wildman–Crippen MR) is 93.1 cm³/mol. The normalized spacial score (nSPS) is 15.2. The van der Waals surface area contributed by atoms with Gasteiger partial charge in [-0.15, -0.1) is 0 Å². The van der Waals surface area contributed by atoms with Crippen molar-refractivity contribution < 1.29 is 14.3 Å². The maximum Gasteiger partial charge on any atom is 0.409 e. The number of amides is 2. The van der Waals surface area contributed by atoms with Crippen molar-refractivity contribution in [2.45, 2.75) is 27.7 Å². The van der Waals surface area contributed by atoms with Crippen molar-refractivity contribution in [1.29, 1.82) is 0 Å². The van der Waals surface area contributed by atoms with Crippen LogP contribution < -0.4 is 10.2 Å². The molecule has 2 amide bonds. The molecule has 1 aromatic heterocycles. The molecule has 0 unspecified atom stereocenters. The summed E-state index contributed by atoms with van der Waals surface area (Å²) in [6, 6.07) is 3.74. The second-order valence-corrected chi connectivity index (χ2v) is 6.78. The summed E-state index contributed by atoms with van der Waals surface area (Å²) in [6.45, 7) is 10.4. The van der Waals surface area contributed by atoms with Gasteiger partial charge in [0.05, 0.1) is 18.5 Å². The second-order valence-electron chi connectivity index (χ2n) is 6.78. The summed E-state index contributed by atoms with van der Waals surface area (Å²) < 4.78 is 5.02. The molecule has 0 bridgehead atoms. The fraction of sp³-hybridized carbons (Fsp3) is 0.588. The van der Waals surface area contributed by atoms with Crippen molar-refractivity contribution in [3.63, 3.8) is 0 Å². The average molecular weight is 334 g/mol. The number of anilines is 2. The third kappa shape index (κ3) is 4.59. The van der Waals surface area contributed by atoms with E-state index >= 15 is 0 Å². The Bertz CT molecular complexity index is 572. The van der Waals surface area contributed by atoms with Gasteiger partial charge in [-0.25, -0.2) is 9.78 Å². The van der Waals surface area contributed by atoms with Gasteiger partial charge in [0.1, 0.15) is 5.82 Å². The van der Waals surface area contributed by atoms with E-state index in [9.17, 15) is 9.59 Å². The molecule has 24 heavy (non-hydrogen) atoms. The van der Waals surface area contributed by atoms with Crippen molar-refractivity contribution in [2.24, 2.45) is 5.41 Å². The Morgan fingerprint density at radius 1 is 1.21 bits per heavy atom. The monoisotopic (exact) mass is 334 g/mol. The molecule has 1 aromatic rings. The van der Waals surface area contributed by atoms with Gasteiger partial charge < -0.3 is 19.9 Å². The van der Waals surface area contributed by atoms with Crippen LogP contribution in [0.5, 0.6) is 0 Å². The minimum atomic E-state index is -0.442. The lowest BCUT2D eigenvalue weighted by atomic mass is 9.96. The van der Waals surface area contributed by atoms with Crippen molar-refractivity contribution in [2.75, 3.05) is 43.0 Å². The summed E-state index contributed by atoms with van der Waals surface area (Å²) in [5.74, 6) is 0.798. The lowest BCUT2D eigenvalue weighted by molar-refractivity contribution is -0.123. The highest BCUT2D eigenvalue weighted by molar-refractivity contribution is 5.94. The van der Waals surface area contributed by atoms with Crippen molar-refractivity contribution >= 4 is 23.5 Å². The molecule has 1 saturated heterocycles. The number of hydrogen-bond donors (Lipinski definition) is 1. The van der Waals surface area contributed by atoms with Crippen LogP contribution in [0, 0.1) is 5.41 Å². The van der Waals surface area contributed by atoms with Crippen molar-refractivity contribution in [1.82, 2.24) is 9.88 Å². The highest BCUT2D eigenvalue weighted by atomic mass is 16.6. The van der Waals surface area contributed by atoms with Crippen LogP contribution in [0.25, 0.3) is 0 Å². The number of aromatic nitrogens is 1. The second kappa shape index (κ2) is 7.51. The number of carbonyl (C=O) groups excluding carboxylic acids is 2. The molecule has 2 heterocycles. The number of ether oxygens (including phenoxy) is 1. The highest BCUT2D eigenvalue weighted by Crippen LogP contribution is 2.19.